The lowest BCUT2D eigenvalue weighted by Gasteiger charge is -2.35. The molecule has 0 aromatic carbocycles. The average molecular weight is 515 g/mol. The van der Waals surface area contributed by atoms with Crippen LogP contribution >= 0.6 is 7.82 Å². The fourth-order valence-corrected chi connectivity index (χ4v) is 4.08. The Morgan fingerprint density at radius 1 is 1.37 bits per heavy atom. The van der Waals surface area contributed by atoms with Crippen molar-refractivity contribution in [2.45, 2.75) is 30.9 Å². The highest BCUT2D eigenvalue weighted by Gasteiger charge is 2.36. The number of likely N-dealkylation sites (N-methyl/N-ethyl adjacent to an activating group) is 2. The zero-order chi connectivity index (χ0) is 25.8. The van der Waals surface area contributed by atoms with E-state index in [-0.39, 0.29) is 18.6 Å². The average Bonchev–Trinajstić information content (AvgIpc) is 3.18. The number of H-pyrrole nitrogens is 1. The molecule has 3 rings (SSSR count). The summed E-state index contributed by atoms with van der Waals surface area (Å²) in [6.07, 6.45) is -2.10. The predicted octanol–water partition coefficient (Wildman–Crippen LogP) is -2.54. The van der Waals surface area contributed by atoms with Gasteiger partial charge < -0.3 is 33.4 Å². The van der Waals surface area contributed by atoms with E-state index in [1.165, 1.54) is 0 Å². The largest absolute Gasteiger partial charge is 0.756 e. The maximum absolute atomic E-state index is 12.3. The Kier molecular flexibility index (Phi) is 9.03. The lowest BCUT2D eigenvalue weighted by molar-refractivity contribution is -0.226. The summed E-state index contributed by atoms with van der Waals surface area (Å²) in [4.78, 5) is 54.1. The standard InChI is InChI=1S/C20H29N4O10P/c1-22-6-7-23(2)14(11-22)19(27)32-8-4-5-13-10-24(20(28)21-18(13)26)17-9-15(25)16(34-17)12-33-35(29,30)31-3/h10,14-17,25H,6-9,11-12H2,1-3H3,(H,29,30)(H,21,26,28)/p-1/t14?,15?,16-,17-/m1/s1. The number of phosphoric ester groups is 1. The predicted molar refractivity (Wildman–Crippen MR) is 118 cm³/mol. The maximum atomic E-state index is 12.3. The third kappa shape index (κ3) is 7.09. The van der Waals surface area contributed by atoms with Crippen LogP contribution in [0.3, 0.4) is 0 Å². The van der Waals surface area contributed by atoms with Gasteiger partial charge in [-0.1, -0.05) is 11.8 Å². The summed E-state index contributed by atoms with van der Waals surface area (Å²) in [5, 5.41) is 10.2. The molecule has 0 radical (unpaired) electrons. The fraction of sp³-hybridized carbons (Fsp3) is 0.650. The molecule has 2 N–H and O–H groups in total. The van der Waals surface area contributed by atoms with E-state index in [0.717, 1.165) is 31.0 Å². The van der Waals surface area contributed by atoms with Gasteiger partial charge in [-0.15, -0.1) is 0 Å². The molecule has 2 aliphatic rings. The number of piperazine rings is 1. The minimum absolute atomic E-state index is 0.0655. The summed E-state index contributed by atoms with van der Waals surface area (Å²) in [6.45, 7) is 1.34. The maximum Gasteiger partial charge on any atom is 0.330 e. The summed E-state index contributed by atoms with van der Waals surface area (Å²) >= 11 is 0. The monoisotopic (exact) mass is 515 g/mol. The van der Waals surface area contributed by atoms with Crippen LogP contribution in [0.1, 0.15) is 18.2 Å². The van der Waals surface area contributed by atoms with Crippen molar-refractivity contribution in [1.29, 1.82) is 0 Å². The molecule has 5 atom stereocenters. The molecule has 0 aliphatic carbocycles. The van der Waals surface area contributed by atoms with E-state index in [9.17, 15) is 28.9 Å². The lowest BCUT2D eigenvalue weighted by Crippen LogP contribution is -2.54. The summed E-state index contributed by atoms with van der Waals surface area (Å²) in [5.41, 5.74) is -1.64. The Morgan fingerprint density at radius 3 is 2.83 bits per heavy atom. The first-order valence-corrected chi connectivity index (χ1v) is 12.2. The van der Waals surface area contributed by atoms with Crippen LogP contribution in [-0.2, 0) is 27.9 Å². The number of hydrogen-bond donors (Lipinski definition) is 2. The van der Waals surface area contributed by atoms with Gasteiger partial charge >= 0.3 is 11.7 Å². The fourth-order valence-electron chi connectivity index (χ4n) is 3.64. The van der Waals surface area contributed by atoms with Gasteiger partial charge in [-0.05, 0) is 14.1 Å². The molecule has 2 fully saturated rings. The molecule has 0 amide bonds. The van der Waals surface area contributed by atoms with Crippen LogP contribution in [0.25, 0.3) is 0 Å². The second-order valence-electron chi connectivity index (χ2n) is 8.24. The molecule has 35 heavy (non-hydrogen) atoms. The van der Waals surface area contributed by atoms with Gasteiger partial charge in [0.05, 0.1) is 12.7 Å². The topological polar surface area (TPSA) is 176 Å². The van der Waals surface area contributed by atoms with Crippen molar-refractivity contribution < 1.29 is 37.9 Å². The van der Waals surface area contributed by atoms with Gasteiger partial charge in [-0.3, -0.25) is 28.6 Å². The summed E-state index contributed by atoms with van der Waals surface area (Å²) in [5.74, 6) is 4.73. The molecule has 0 saturated carbocycles. The van der Waals surface area contributed by atoms with Crippen molar-refractivity contribution in [3.8, 4) is 11.8 Å². The number of aliphatic hydroxyl groups is 1. The number of rotatable bonds is 7. The molecule has 14 nitrogen and oxygen atoms in total. The SMILES string of the molecule is COP(=O)([O-])OC[C@H]1O[C@@H](n2cc(C#CCOC(=O)C3CN(C)CCN3C)c(=O)[nH]c2=O)CC1O. The Morgan fingerprint density at radius 2 is 2.11 bits per heavy atom. The van der Waals surface area contributed by atoms with Gasteiger partial charge in [-0.2, -0.15) is 0 Å². The van der Waals surface area contributed by atoms with Crippen LogP contribution < -0.4 is 16.1 Å². The smallest absolute Gasteiger partial charge is 0.330 e. The molecule has 15 heteroatoms. The van der Waals surface area contributed by atoms with Crippen molar-refractivity contribution in [1.82, 2.24) is 19.4 Å². The zero-order valence-electron chi connectivity index (χ0n) is 19.5. The summed E-state index contributed by atoms with van der Waals surface area (Å²) in [7, 11) is 0.158. The van der Waals surface area contributed by atoms with Gasteiger partial charge in [0.25, 0.3) is 13.4 Å². The minimum Gasteiger partial charge on any atom is -0.756 e. The molecule has 2 saturated heterocycles. The number of nitrogens with zero attached hydrogens (tertiary/aromatic N) is 3. The number of phosphoric acid groups is 1. The van der Waals surface area contributed by atoms with E-state index in [1.54, 1.807) is 0 Å². The quantitative estimate of drug-likeness (QED) is 0.221. The minimum atomic E-state index is -4.52. The van der Waals surface area contributed by atoms with Gasteiger partial charge in [0.2, 0.25) is 0 Å². The Hall–Kier alpha value is -2.34. The Balaban J connectivity index is 1.64. The highest BCUT2D eigenvalue weighted by molar-refractivity contribution is 7.45. The number of aliphatic hydroxyl groups excluding tert-OH is 1. The van der Waals surface area contributed by atoms with Crippen LogP contribution in [0.5, 0.6) is 0 Å². The number of carbonyl (C=O) groups is 1. The van der Waals surface area contributed by atoms with E-state index in [2.05, 4.69) is 25.9 Å². The zero-order valence-corrected chi connectivity index (χ0v) is 20.4. The molecule has 3 unspecified atom stereocenters. The van der Waals surface area contributed by atoms with E-state index in [1.807, 2.05) is 23.9 Å². The summed E-state index contributed by atoms with van der Waals surface area (Å²) < 4.78 is 31.9. The molecule has 2 aliphatic heterocycles. The van der Waals surface area contributed by atoms with Gasteiger partial charge in [0, 0.05) is 39.4 Å². The molecule has 3 heterocycles. The second kappa shape index (κ2) is 11.6. The third-order valence-corrected chi connectivity index (χ3v) is 6.65. The number of hydrogen-bond acceptors (Lipinski definition) is 12. The van der Waals surface area contributed by atoms with Crippen LogP contribution in [0.4, 0.5) is 0 Å². The Bertz CT molecular complexity index is 1140. The number of esters is 1. The molecular weight excluding hydrogens is 487 g/mol. The van der Waals surface area contributed by atoms with Gasteiger partial charge in [0.15, 0.2) is 6.61 Å². The number of aromatic amines is 1. The van der Waals surface area contributed by atoms with Crippen LogP contribution in [-0.4, -0.2) is 103 Å². The lowest BCUT2D eigenvalue weighted by atomic mass is 10.2. The molecule has 0 spiro atoms. The van der Waals surface area contributed by atoms with E-state index >= 15 is 0 Å². The highest BCUT2D eigenvalue weighted by atomic mass is 31.2. The number of ether oxygens (including phenoxy) is 2. The van der Waals surface area contributed by atoms with Crippen molar-refractivity contribution in [3.05, 3.63) is 32.6 Å². The van der Waals surface area contributed by atoms with Crippen molar-refractivity contribution in [3.63, 3.8) is 0 Å². The first kappa shape index (κ1) is 27.3. The number of nitrogens with one attached hydrogen (secondary N) is 1. The molecule has 1 aromatic rings. The molecule has 1 aromatic heterocycles. The molecule has 0 bridgehead atoms. The van der Waals surface area contributed by atoms with Crippen molar-refractivity contribution in [2.75, 3.05) is 54.1 Å². The summed E-state index contributed by atoms with van der Waals surface area (Å²) in [6, 6.07) is -0.414. The normalized spacial score (nSPS) is 27.1. The number of aromatic nitrogens is 2. The second-order valence-corrected chi connectivity index (χ2v) is 9.75. The first-order chi connectivity index (χ1) is 16.5. The van der Waals surface area contributed by atoms with E-state index in [0.29, 0.717) is 6.54 Å². The Labute approximate surface area is 201 Å². The number of carbonyl (C=O) groups excluding carboxylic acids is 1. The van der Waals surface area contributed by atoms with E-state index < -0.39 is 56.1 Å². The van der Waals surface area contributed by atoms with E-state index in [4.69, 9.17) is 9.47 Å². The first-order valence-electron chi connectivity index (χ1n) is 10.8. The van der Waals surface area contributed by atoms with Crippen LogP contribution in [0.15, 0.2) is 15.8 Å². The van der Waals surface area contributed by atoms with Gasteiger partial charge in [-0.25, -0.2) is 4.79 Å². The third-order valence-electron chi connectivity index (χ3n) is 5.74. The van der Waals surface area contributed by atoms with Crippen LogP contribution in [0.2, 0.25) is 0 Å². The molecule has 194 valence electrons. The van der Waals surface area contributed by atoms with Crippen LogP contribution in [0, 0.1) is 11.8 Å². The van der Waals surface area contributed by atoms with Crippen molar-refractivity contribution >= 4 is 13.8 Å². The van der Waals surface area contributed by atoms with Crippen molar-refractivity contribution in [2.24, 2.45) is 0 Å². The highest BCUT2D eigenvalue weighted by Crippen LogP contribution is 2.38. The van der Waals surface area contributed by atoms with Gasteiger partial charge in [0.1, 0.15) is 23.9 Å². The molecular formula is C20H28N4O10P-.